The molecule has 0 aliphatic heterocycles. The maximum Gasteiger partial charge on any atom is 0.231 e. The molecule has 24 heavy (non-hydrogen) atoms. The Hall–Kier alpha value is -3.08. The van der Waals surface area contributed by atoms with Crippen molar-refractivity contribution in [3.63, 3.8) is 0 Å². The van der Waals surface area contributed by atoms with Crippen LogP contribution in [-0.2, 0) is 0 Å². The number of nitrogens with one attached hydrogen (secondary N) is 2. The first-order valence-electron chi connectivity index (χ1n) is 7.82. The van der Waals surface area contributed by atoms with Crippen molar-refractivity contribution in [2.75, 3.05) is 29.6 Å². The average Bonchev–Trinajstić information content (AvgIpc) is 2.55. The number of nitrogens with zero attached hydrogens (tertiary/aromatic N) is 3. The summed E-state index contributed by atoms with van der Waals surface area (Å²) in [6.07, 6.45) is 0. The van der Waals surface area contributed by atoms with Crippen molar-refractivity contribution in [2.24, 2.45) is 0 Å². The standard InChI is InChI=1S/C19H21N5/c1-14-8-7-11-16(12-14)20-17-13-18(24(2)3)23-19(22-17)21-15-9-5-4-6-10-15/h4-13H,1-3H3,(H2,20,21,22,23). The van der Waals surface area contributed by atoms with E-state index >= 15 is 0 Å². The molecule has 3 rings (SSSR count). The van der Waals surface area contributed by atoms with Gasteiger partial charge in [0.15, 0.2) is 0 Å². The molecule has 1 heterocycles. The van der Waals surface area contributed by atoms with Crippen molar-refractivity contribution in [3.8, 4) is 0 Å². The lowest BCUT2D eigenvalue weighted by Gasteiger charge is -2.15. The van der Waals surface area contributed by atoms with Gasteiger partial charge in [0.1, 0.15) is 11.6 Å². The third kappa shape index (κ3) is 4.01. The minimum absolute atomic E-state index is 0.558. The van der Waals surface area contributed by atoms with Crippen LogP contribution in [0.2, 0.25) is 0 Å². The molecule has 2 N–H and O–H groups in total. The molecule has 1 aromatic heterocycles. The van der Waals surface area contributed by atoms with Crippen LogP contribution in [0.5, 0.6) is 0 Å². The summed E-state index contributed by atoms with van der Waals surface area (Å²) in [4.78, 5) is 11.1. The average molecular weight is 319 g/mol. The predicted molar refractivity (Wildman–Crippen MR) is 101 cm³/mol. The second-order valence-electron chi connectivity index (χ2n) is 5.81. The summed E-state index contributed by atoms with van der Waals surface area (Å²) in [6.45, 7) is 2.07. The number of anilines is 5. The normalized spacial score (nSPS) is 10.3. The van der Waals surface area contributed by atoms with Gasteiger partial charge in [0, 0.05) is 31.5 Å². The molecule has 0 atom stereocenters. The lowest BCUT2D eigenvalue weighted by Crippen LogP contribution is -2.13. The number of hydrogen-bond acceptors (Lipinski definition) is 5. The third-order valence-electron chi connectivity index (χ3n) is 3.49. The zero-order chi connectivity index (χ0) is 16.9. The maximum atomic E-state index is 4.58. The zero-order valence-corrected chi connectivity index (χ0v) is 14.1. The quantitative estimate of drug-likeness (QED) is 0.733. The number of benzene rings is 2. The Morgan fingerprint density at radius 2 is 1.54 bits per heavy atom. The minimum atomic E-state index is 0.558. The van der Waals surface area contributed by atoms with Gasteiger partial charge in [-0.15, -0.1) is 0 Å². The first-order chi connectivity index (χ1) is 11.6. The van der Waals surface area contributed by atoms with E-state index in [0.717, 1.165) is 23.0 Å². The third-order valence-corrected chi connectivity index (χ3v) is 3.49. The van der Waals surface area contributed by atoms with E-state index in [1.807, 2.05) is 67.5 Å². The van der Waals surface area contributed by atoms with Gasteiger partial charge >= 0.3 is 0 Å². The summed E-state index contributed by atoms with van der Waals surface area (Å²) in [5.74, 6) is 2.14. The van der Waals surface area contributed by atoms with Gasteiger partial charge < -0.3 is 15.5 Å². The Morgan fingerprint density at radius 1 is 0.792 bits per heavy atom. The molecule has 0 unspecified atom stereocenters. The molecule has 0 radical (unpaired) electrons. The van der Waals surface area contributed by atoms with Gasteiger partial charge in [-0.1, -0.05) is 30.3 Å². The summed E-state index contributed by atoms with van der Waals surface area (Å²) in [5.41, 5.74) is 3.16. The highest BCUT2D eigenvalue weighted by molar-refractivity contribution is 5.64. The highest BCUT2D eigenvalue weighted by Crippen LogP contribution is 2.22. The van der Waals surface area contributed by atoms with Crippen LogP contribution in [0.1, 0.15) is 5.56 Å². The summed E-state index contributed by atoms with van der Waals surface area (Å²) < 4.78 is 0. The van der Waals surface area contributed by atoms with Crippen LogP contribution in [0.15, 0.2) is 60.7 Å². The molecular formula is C19H21N5. The van der Waals surface area contributed by atoms with Crippen LogP contribution in [0, 0.1) is 6.92 Å². The summed E-state index contributed by atoms with van der Waals surface area (Å²) in [6, 6.07) is 20.0. The van der Waals surface area contributed by atoms with Crippen LogP contribution in [0.4, 0.5) is 29.0 Å². The molecule has 0 saturated heterocycles. The highest BCUT2D eigenvalue weighted by Gasteiger charge is 2.07. The van der Waals surface area contributed by atoms with E-state index in [4.69, 9.17) is 0 Å². The molecule has 0 aliphatic carbocycles. The molecule has 0 fully saturated rings. The number of hydrogen-bond donors (Lipinski definition) is 2. The van der Waals surface area contributed by atoms with Crippen molar-refractivity contribution in [3.05, 3.63) is 66.2 Å². The molecule has 3 aromatic rings. The fourth-order valence-electron chi connectivity index (χ4n) is 2.30. The largest absolute Gasteiger partial charge is 0.363 e. The fourth-order valence-corrected chi connectivity index (χ4v) is 2.30. The summed E-state index contributed by atoms with van der Waals surface area (Å²) in [7, 11) is 3.93. The van der Waals surface area contributed by atoms with E-state index in [0.29, 0.717) is 5.95 Å². The molecule has 0 bridgehead atoms. The Bertz CT molecular complexity index is 815. The molecule has 2 aromatic carbocycles. The van der Waals surface area contributed by atoms with Crippen molar-refractivity contribution in [1.29, 1.82) is 0 Å². The lowest BCUT2D eigenvalue weighted by molar-refractivity contribution is 1.04. The molecule has 5 heteroatoms. The summed E-state index contributed by atoms with van der Waals surface area (Å²) >= 11 is 0. The molecule has 0 saturated carbocycles. The van der Waals surface area contributed by atoms with Crippen LogP contribution in [-0.4, -0.2) is 24.1 Å². The Balaban J connectivity index is 1.90. The second-order valence-corrected chi connectivity index (χ2v) is 5.81. The van der Waals surface area contributed by atoms with E-state index < -0.39 is 0 Å². The van der Waals surface area contributed by atoms with Gasteiger partial charge in [0.05, 0.1) is 0 Å². The van der Waals surface area contributed by atoms with Gasteiger partial charge in [-0.2, -0.15) is 9.97 Å². The predicted octanol–water partition coefficient (Wildman–Crippen LogP) is 4.34. The maximum absolute atomic E-state index is 4.58. The van der Waals surface area contributed by atoms with Crippen molar-refractivity contribution < 1.29 is 0 Å². The molecule has 0 aliphatic rings. The van der Waals surface area contributed by atoms with E-state index in [9.17, 15) is 0 Å². The van der Waals surface area contributed by atoms with Gasteiger partial charge in [-0.3, -0.25) is 0 Å². The van der Waals surface area contributed by atoms with E-state index in [2.05, 4.69) is 39.7 Å². The first kappa shape index (κ1) is 15.8. The van der Waals surface area contributed by atoms with E-state index in [1.165, 1.54) is 5.56 Å². The Kier molecular flexibility index (Phi) is 4.61. The Morgan fingerprint density at radius 3 is 2.25 bits per heavy atom. The van der Waals surface area contributed by atoms with Gasteiger partial charge in [-0.05, 0) is 36.8 Å². The highest BCUT2D eigenvalue weighted by atomic mass is 15.2. The van der Waals surface area contributed by atoms with Gasteiger partial charge in [0.25, 0.3) is 0 Å². The number of aromatic nitrogens is 2. The van der Waals surface area contributed by atoms with Crippen LogP contribution < -0.4 is 15.5 Å². The molecule has 122 valence electrons. The molecule has 5 nitrogen and oxygen atoms in total. The second kappa shape index (κ2) is 7.00. The van der Waals surface area contributed by atoms with E-state index in [-0.39, 0.29) is 0 Å². The topological polar surface area (TPSA) is 53.1 Å². The van der Waals surface area contributed by atoms with Crippen LogP contribution in [0.25, 0.3) is 0 Å². The minimum Gasteiger partial charge on any atom is -0.363 e. The number of rotatable bonds is 5. The molecule has 0 spiro atoms. The number of para-hydroxylation sites is 1. The van der Waals surface area contributed by atoms with Crippen molar-refractivity contribution in [2.45, 2.75) is 6.92 Å². The molecule has 0 amide bonds. The van der Waals surface area contributed by atoms with Crippen molar-refractivity contribution >= 4 is 29.0 Å². The zero-order valence-electron chi connectivity index (χ0n) is 14.1. The van der Waals surface area contributed by atoms with Crippen LogP contribution in [0.3, 0.4) is 0 Å². The summed E-state index contributed by atoms with van der Waals surface area (Å²) in [5, 5.41) is 6.60. The van der Waals surface area contributed by atoms with E-state index in [1.54, 1.807) is 0 Å². The van der Waals surface area contributed by atoms with Gasteiger partial charge in [-0.25, -0.2) is 0 Å². The number of aryl methyl sites for hydroxylation is 1. The smallest absolute Gasteiger partial charge is 0.231 e. The monoisotopic (exact) mass is 319 g/mol. The SMILES string of the molecule is Cc1cccc(Nc2cc(N(C)C)nc(Nc3ccccc3)n2)c1. The van der Waals surface area contributed by atoms with Crippen molar-refractivity contribution in [1.82, 2.24) is 9.97 Å². The lowest BCUT2D eigenvalue weighted by atomic mass is 10.2. The molecular weight excluding hydrogens is 298 g/mol. The fraction of sp³-hybridized carbons (Fsp3) is 0.158. The Labute approximate surface area is 142 Å². The van der Waals surface area contributed by atoms with Crippen LogP contribution >= 0.6 is 0 Å². The first-order valence-corrected chi connectivity index (χ1v) is 7.82. The van der Waals surface area contributed by atoms with Gasteiger partial charge in [0.2, 0.25) is 5.95 Å².